The van der Waals surface area contributed by atoms with Gasteiger partial charge in [0.1, 0.15) is 11.6 Å². The molecule has 0 spiro atoms. The normalized spacial score (nSPS) is 12.7. The van der Waals surface area contributed by atoms with Gasteiger partial charge < -0.3 is 5.73 Å². The summed E-state index contributed by atoms with van der Waals surface area (Å²) in [7, 11) is 1.78. The van der Waals surface area contributed by atoms with Crippen LogP contribution >= 0.6 is 0 Å². The lowest BCUT2D eigenvalue weighted by atomic mass is 10.0. The second-order valence-electron chi connectivity index (χ2n) is 4.62. The molecule has 3 nitrogen and oxygen atoms in total. The third-order valence-corrected chi connectivity index (χ3v) is 3.23. The zero-order valence-corrected chi connectivity index (χ0v) is 11.3. The molecule has 1 aromatic heterocycles. The maximum Gasteiger partial charge on any atom is 0.130 e. The molecule has 0 radical (unpaired) electrons. The smallest absolute Gasteiger partial charge is 0.130 e. The molecule has 20 heavy (non-hydrogen) atoms. The van der Waals surface area contributed by atoms with Crippen molar-refractivity contribution in [2.45, 2.75) is 12.6 Å². The van der Waals surface area contributed by atoms with Crippen LogP contribution in [0.4, 0.5) is 8.78 Å². The maximum absolute atomic E-state index is 13.8. The quantitative estimate of drug-likeness (QED) is 0.913. The first kappa shape index (κ1) is 14.6. The van der Waals surface area contributed by atoms with Gasteiger partial charge in [0.25, 0.3) is 0 Å². The molecule has 2 N–H and O–H groups in total. The Hall–Kier alpha value is -1.85. The monoisotopic (exact) mass is 277 g/mol. The summed E-state index contributed by atoms with van der Waals surface area (Å²) in [6.45, 7) is 0.595. The number of rotatable bonds is 5. The Labute approximate surface area is 117 Å². The summed E-state index contributed by atoms with van der Waals surface area (Å²) in [4.78, 5) is 6.00. The molecule has 0 aliphatic rings. The van der Waals surface area contributed by atoms with E-state index in [4.69, 9.17) is 5.73 Å². The van der Waals surface area contributed by atoms with Crippen LogP contribution in [0.3, 0.4) is 0 Å². The number of hydrogen-bond acceptors (Lipinski definition) is 3. The average molecular weight is 277 g/mol. The van der Waals surface area contributed by atoms with Crippen LogP contribution < -0.4 is 5.73 Å². The Morgan fingerprint density at radius 1 is 1.15 bits per heavy atom. The largest absolute Gasteiger partial charge is 0.329 e. The van der Waals surface area contributed by atoms with Crippen molar-refractivity contribution >= 4 is 0 Å². The molecule has 0 aliphatic carbocycles. The Morgan fingerprint density at radius 3 is 2.40 bits per heavy atom. The fraction of sp³-hybridized carbons (Fsp3) is 0.267. The lowest BCUT2D eigenvalue weighted by Gasteiger charge is -2.27. The molecule has 2 aromatic rings. The number of likely N-dealkylation sites (N-methyl/N-ethyl adjacent to an activating group) is 1. The zero-order chi connectivity index (χ0) is 14.5. The van der Waals surface area contributed by atoms with E-state index in [0.717, 1.165) is 5.69 Å². The van der Waals surface area contributed by atoms with Gasteiger partial charge in [-0.1, -0.05) is 12.1 Å². The molecule has 1 aromatic carbocycles. The molecule has 1 unspecified atom stereocenters. The van der Waals surface area contributed by atoms with Gasteiger partial charge in [-0.05, 0) is 31.3 Å². The standard InChI is InChI=1S/C15H17F2N3/c1-20(10-11-5-2-3-8-19-11)14(9-18)15-12(16)6-4-7-13(15)17/h2-8,14H,9-10,18H2,1H3. The summed E-state index contributed by atoms with van der Waals surface area (Å²) in [6, 6.07) is 8.86. The number of nitrogens with two attached hydrogens (primary N) is 1. The Morgan fingerprint density at radius 2 is 1.85 bits per heavy atom. The van der Waals surface area contributed by atoms with Crippen molar-refractivity contribution in [3.05, 3.63) is 65.5 Å². The molecule has 0 bridgehead atoms. The van der Waals surface area contributed by atoms with E-state index in [-0.39, 0.29) is 12.1 Å². The molecular weight excluding hydrogens is 260 g/mol. The second kappa shape index (κ2) is 6.54. The van der Waals surface area contributed by atoms with E-state index in [0.29, 0.717) is 6.54 Å². The highest BCUT2D eigenvalue weighted by Crippen LogP contribution is 2.25. The average Bonchev–Trinajstić information content (AvgIpc) is 2.44. The summed E-state index contributed by atoms with van der Waals surface area (Å²) >= 11 is 0. The van der Waals surface area contributed by atoms with Gasteiger partial charge in [0, 0.05) is 24.8 Å². The van der Waals surface area contributed by atoms with Crippen LogP contribution in [0.15, 0.2) is 42.6 Å². The SMILES string of the molecule is CN(Cc1ccccn1)C(CN)c1c(F)cccc1F. The summed E-state index contributed by atoms with van der Waals surface area (Å²) in [5.41, 5.74) is 6.53. The molecule has 0 saturated carbocycles. The highest BCUT2D eigenvalue weighted by molar-refractivity contribution is 5.24. The molecule has 106 valence electrons. The highest BCUT2D eigenvalue weighted by atomic mass is 19.1. The van der Waals surface area contributed by atoms with Crippen molar-refractivity contribution in [1.29, 1.82) is 0 Å². The first-order valence-electron chi connectivity index (χ1n) is 6.37. The maximum atomic E-state index is 13.8. The third-order valence-electron chi connectivity index (χ3n) is 3.23. The number of hydrogen-bond donors (Lipinski definition) is 1. The van der Waals surface area contributed by atoms with Crippen LogP contribution in [0.1, 0.15) is 17.3 Å². The van der Waals surface area contributed by atoms with Crippen molar-refractivity contribution < 1.29 is 8.78 Å². The number of nitrogens with zero attached hydrogens (tertiary/aromatic N) is 2. The fourth-order valence-electron chi connectivity index (χ4n) is 2.20. The molecule has 5 heteroatoms. The molecule has 2 rings (SSSR count). The predicted molar refractivity (Wildman–Crippen MR) is 73.9 cm³/mol. The van der Waals surface area contributed by atoms with E-state index in [1.54, 1.807) is 18.1 Å². The molecule has 1 atom stereocenters. The van der Waals surface area contributed by atoms with Gasteiger partial charge in [-0.25, -0.2) is 8.78 Å². The van der Waals surface area contributed by atoms with E-state index in [1.165, 1.54) is 18.2 Å². The van der Waals surface area contributed by atoms with E-state index < -0.39 is 17.7 Å². The van der Waals surface area contributed by atoms with Crippen LogP contribution in [0.2, 0.25) is 0 Å². The molecular formula is C15H17F2N3. The van der Waals surface area contributed by atoms with Gasteiger partial charge >= 0.3 is 0 Å². The molecule has 0 amide bonds. The van der Waals surface area contributed by atoms with Crippen LogP contribution in [-0.4, -0.2) is 23.5 Å². The van der Waals surface area contributed by atoms with Gasteiger partial charge in [-0.3, -0.25) is 9.88 Å². The fourth-order valence-corrected chi connectivity index (χ4v) is 2.20. The van der Waals surface area contributed by atoms with Crippen molar-refractivity contribution in [1.82, 2.24) is 9.88 Å². The van der Waals surface area contributed by atoms with Crippen LogP contribution in [-0.2, 0) is 6.54 Å². The molecule has 0 fully saturated rings. The number of halogens is 2. The minimum Gasteiger partial charge on any atom is -0.329 e. The van der Waals surface area contributed by atoms with Crippen molar-refractivity contribution in [3.63, 3.8) is 0 Å². The van der Waals surface area contributed by atoms with Crippen LogP contribution in [0.25, 0.3) is 0 Å². The number of aromatic nitrogens is 1. The Bertz CT molecular complexity index is 540. The van der Waals surface area contributed by atoms with E-state index >= 15 is 0 Å². The topological polar surface area (TPSA) is 42.2 Å². The molecule has 0 aliphatic heterocycles. The van der Waals surface area contributed by atoms with Crippen LogP contribution in [0.5, 0.6) is 0 Å². The van der Waals surface area contributed by atoms with Crippen molar-refractivity contribution in [2.75, 3.05) is 13.6 Å². The predicted octanol–water partition coefficient (Wildman–Crippen LogP) is 2.49. The minimum absolute atomic E-state index is 0.00781. The highest BCUT2D eigenvalue weighted by Gasteiger charge is 2.23. The first-order valence-corrected chi connectivity index (χ1v) is 6.37. The van der Waals surface area contributed by atoms with Crippen molar-refractivity contribution in [3.8, 4) is 0 Å². The van der Waals surface area contributed by atoms with Gasteiger partial charge in [0.15, 0.2) is 0 Å². The van der Waals surface area contributed by atoms with Crippen LogP contribution in [0, 0.1) is 11.6 Å². The summed E-state index contributed by atoms with van der Waals surface area (Å²) in [6.07, 6.45) is 1.68. The van der Waals surface area contributed by atoms with Gasteiger partial charge in [-0.2, -0.15) is 0 Å². The second-order valence-corrected chi connectivity index (χ2v) is 4.62. The summed E-state index contributed by atoms with van der Waals surface area (Å²) < 4.78 is 27.7. The van der Waals surface area contributed by atoms with E-state index in [9.17, 15) is 8.78 Å². The lowest BCUT2D eigenvalue weighted by molar-refractivity contribution is 0.228. The summed E-state index contributed by atoms with van der Waals surface area (Å²) in [5.74, 6) is -1.15. The summed E-state index contributed by atoms with van der Waals surface area (Å²) in [5, 5.41) is 0. The van der Waals surface area contributed by atoms with Gasteiger partial charge in [0.2, 0.25) is 0 Å². The van der Waals surface area contributed by atoms with E-state index in [1.807, 2.05) is 18.2 Å². The van der Waals surface area contributed by atoms with Crippen molar-refractivity contribution in [2.24, 2.45) is 5.73 Å². The van der Waals surface area contributed by atoms with Gasteiger partial charge in [0.05, 0.1) is 11.7 Å². The molecule has 0 saturated heterocycles. The minimum atomic E-state index is -0.576. The Balaban J connectivity index is 2.24. The Kier molecular flexibility index (Phi) is 4.76. The van der Waals surface area contributed by atoms with Gasteiger partial charge in [-0.15, -0.1) is 0 Å². The van der Waals surface area contributed by atoms with E-state index in [2.05, 4.69) is 4.98 Å². The lowest BCUT2D eigenvalue weighted by Crippen LogP contribution is -2.31. The zero-order valence-electron chi connectivity index (χ0n) is 11.3. The number of pyridine rings is 1. The molecule has 1 heterocycles. The number of benzene rings is 1. The first-order chi connectivity index (χ1) is 9.63. The third kappa shape index (κ3) is 3.18.